The molecule has 100 valence electrons. The van der Waals surface area contributed by atoms with Crippen LogP contribution in [0.1, 0.15) is 0 Å². The Morgan fingerprint density at radius 1 is 1.10 bits per heavy atom. The SMILES string of the molecule is CSc1nccc(-c2cnc(Nc3ccccn3)s2)n1. The lowest BCUT2D eigenvalue weighted by Crippen LogP contribution is -1.90. The van der Waals surface area contributed by atoms with Crippen LogP contribution in [0.25, 0.3) is 10.6 Å². The third-order valence-corrected chi connectivity index (χ3v) is 3.97. The van der Waals surface area contributed by atoms with Gasteiger partial charge in [0.05, 0.1) is 10.6 Å². The van der Waals surface area contributed by atoms with Crippen LogP contribution in [-0.2, 0) is 0 Å². The molecule has 5 nitrogen and oxygen atoms in total. The molecule has 3 aromatic heterocycles. The zero-order valence-electron chi connectivity index (χ0n) is 10.6. The molecule has 0 amide bonds. The summed E-state index contributed by atoms with van der Waals surface area (Å²) in [4.78, 5) is 18.2. The molecular formula is C13H11N5S2. The van der Waals surface area contributed by atoms with Crippen LogP contribution in [-0.4, -0.2) is 26.2 Å². The second-order valence-corrected chi connectivity index (χ2v) is 5.60. The van der Waals surface area contributed by atoms with Gasteiger partial charge in [-0.05, 0) is 24.5 Å². The Kier molecular flexibility index (Phi) is 3.89. The van der Waals surface area contributed by atoms with E-state index in [-0.39, 0.29) is 0 Å². The molecule has 0 aliphatic carbocycles. The first-order valence-electron chi connectivity index (χ1n) is 5.86. The number of nitrogens with one attached hydrogen (secondary N) is 1. The van der Waals surface area contributed by atoms with Crippen molar-refractivity contribution in [2.75, 3.05) is 11.6 Å². The molecule has 0 spiro atoms. The third kappa shape index (κ3) is 2.94. The van der Waals surface area contributed by atoms with E-state index in [0.29, 0.717) is 0 Å². The second-order valence-electron chi connectivity index (χ2n) is 3.80. The molecule has 0 aromatic carbocycles. The number of hydrogen-bond acceptors (Lipinski definition) is 7. The van der Waals surface area contributed by atoms with Gasteiger partial charge in [0.25, 0.3) is 0 Å². The fraction of sp³-hybridized carbons (Fsp3) is 0.0769. The largest absolute Gasteiger partial charge is 0.316 e. The molecule has 3 aromatic rings. The van der Waals surface area contributed by atoms with Gasteiger partial charge in [0.15, 0.2) is 10.3 Å². The van der Waals surface area contributed by atoms with E-state index < -0.39 is 0 Å². The van der Waals surface area contributed by atoms with Crippen molar-refractivity contribution in [3.8, 4) is 10.6 Å². The van der Waals surface area contributed by atoms with Gasteiger partial charge in [0, 0.05) is 18.6 Å². The Bertz CT molecular complexity index is 699. The maximum atomic E-state index is 4.46. The monoisotopic (exact) mass is 301 g/mol. The Balaban J connectivity index is 1.83. The summed E-state index contributed by atoms with van der Waals surface area (Å²) in [5.41, 5.74) is 0.885. The summed E-state index contributed by atoms with van der Waals surface area (Å²) in [5, 5.41) is 4.72. The maximum Gasteiger partial charge on any atom is 0.188 e. The highest BCUT2D eigenvalue weighted by atomic mass is 32.2. The summed E-state index contributed by atoms with van der Waals surface area (Å²) in [6, 6.07) is 7.59. The molecule has 0 saturated heterocycles. The van der Waals surface area contributed by atoms with Crippen molar-refractivity contribution < 1.29 is 0 Å². The van der Waals surface area contributed by atoms with E-state index in [2.05, 4.69) is 25.3 Å². The van der Waals surface area contributed by atoms with Gasteiger partial charge in [0.1, 0.15) is 5.82 Å². The average molecular weight is 301 g/mol. The predicted molar refractivity (Wildman–Crippen MR) is 82.4 cm³/mol. The first-order chi connectivity index (χ1) is 9.85. The quantitative estimate of drug-likeness (QED) is 0.588. The molecule has 20 heavy (non-hydrogen) atoms. The number of anilines is 2. The van der Waals surface area contributed by atoms with Gasteiger partial charge in [-0.1, -0.05) is 29.2 Å². The molecule has 7 heteroatoms. The van der Waals surface area contributed by atoms with E-state index in [1.807, 2.05) is 36.7 Å². The van der Waals surface area contributed by atoms with Crippen LogP contribution >= 0.6 is 23.1 Å². The lowest BCUT2D eigenvalue weighted by molar-refractivity contribution is 0.978. The molecule has 0 aliphatic rings. The van der Waals surface area contributed by atoms with E-state index in [1.54, 1.807) is 12.4 Å². The molecule has 0 aliphatic heterocycles. The van der Waals surface area contributed by atoms with Crippen LogP contribution < -0.4 is 5.32 Å². The third-order valence-electron chi connectivity index (χ3n) is 2.47. The van der Waals surface area contributed by atoms with Gasteiger partial charge in [-0.25, -0.2) is 19.9 Å². The first-order valence-corrected chi connectivity index (χ1v) is 7.90. The molecule has 0 fully saturated rings. The van der Waals surface area contributed by atoms with Gasteiger partial charge < -0.3 is 5.32 Å². The van der Waals surface area contributed by atoms with Crippen LogP contribution in [0.3, 0.4) is 0 Å². The molecule has 0 saturated carbocycles. The number of aromatic nitrogens is 4. The molecule has 0 atom stereocenters. The fourth-order valence-electron chi connectivity index (χ4n) is 1.57. The molecule has 1 N–H and O–H groups in total. The molecule has 3 heterocycles. The molecule has 3 rings (SSSR count). The van der Waals surface area contributed by atoms with Gasteiger partial charge in [-0.15, -0.1) is 0 Å². The van der Waals surface area contributed by atoms with Crippen molar-refractivity contribution in [2.24, 2.45) is 0 Å². The first kappa shape index (κ1) is 13.0. The summed E-state index contributed by atoms with van der Waals surface area (Å²) in [7, 11) is 0. The number of hydrogen-bond donors (Lipinski definition) is 1. The highest BCUT2D eigenvalue weighted by Gasteiger charge is 2.07. The average Bonchev–Trinajstić information content (AvgIpc) is 2.97. The zero-order chi connectivity index (χ0) is 13.8. The van der Waals surface area contributed by atoms with Crippen molar-refractivity contribution in [3.63, 3.8) is 0 Å². The number of thiazole rings is 1. The Morgan fingerprint density at radius 3 is 2.85 bits per heavy atom. The Labute approximate surface area is 124 Å². The Hall–Kier alpha value is -1.99. The van der Waals surface area contributed by atoms with Crippen molar-refractivity contribution in [3.05, 3.63) is 42.9 Å². The molecular weight excluding hydrogens is 290 g/mol. The predicted octanol–water partition coefficient (Wildman–Crippen LogP) is 3.46. The van der Waals surface area contributed by atoms with E-state index in [4.69, 9.17) is 0 Å². The van der Waals surface area contributed by atoms with Crippen LogP contribution in [0, 0.1) is 0 Å². The van der Waals surface area contributed by atoms with Crippen molar-refractivity contribution >= 4 is 34.0 Å². The van der Waals surface area contributed by atoms with Gasteiger partial charge in [-0.2, -0.15) is 0 Å². The normalized spacial score (nSPS) is 10.4. The van der Waals surface area contributed by atoms with E-state index in [1.165, 1.54) is 23.1 Å². The zero-order valence-corrected chi connectivity index (χ0v) is 12.3. The number of rotatable bonds is 4. The summed E-state index contributed by atoms with van der Waals surface area (Å²) >= 11 is 3.06. The van der Waals surface area contributed by atoms with Crippen LogP contribution in [0.4, 0.5) is 10.9 Å². The summed E-state index contributed by atoms with van der Waals surface area (Å²) in [5.74, 6) is 0.779. The van der Waals surface area contributed by atoms with Gasteiger partial charge >= 0.3 is 0 Å². The van der Waals surface area contributed by atoms with Crippen molar-refractivity contribution in [2.45, 2.75) is 5.16 Å². The molecule has 0 radical (unpaired) electrons. The van der Waals surface area contributed by atoms with E-state index in [0.717, 1.165) is 26.7 Å². The Morgan fingerprint density at radius 2 is 2.05 bits per heavy atom. The van der Waals surface area contributed by atoms with E-state index in [9.17, 15) is 0 Å². The second kappa shape index (κ2) is 5.98. The minimum Gasteiger partial charge on any atom is -0.316 e. The summed E-state index contributed by atoms with van der Waals surface area (Å²) < 4.78 is 0. The number of pyridine rings is 1. The number of thioether (sulfide) groups is 1. The van der Waals surface area contributed by atoms with Gasteiger partial charge in [0.2, 0.25) is 0 Å². The molecule has 0 bridgehead atoms. The van der Waals surface area contributed by atoms with E-state index >= 15 is 0 Å². The number of nitrogens with zero attached hydrogens (tertiary/aromatic N) is 4. The van der Waals surface area contributed by atoms with Crippen LogP contribution in [0.5, 0.6) is 0 Å². The fourth-order valence-corrected chi connectivity index (χ4v) is 2.72. The molecule has 0 unspecified atom stereocenters. The highest BCUT2D eigenvalue weighted by molar-refractivity contribution is 7.98. The summed E-state index contributed by atoms with van der Waals surface area (Å²) in [6.07, 6.45) is 7.27. The minimum atomic E-state index is 0.759. The van der Waals surface area contributed by atoms with Crippen molar-refractivity contribution in [1.82, 2.24) is 19.9 Å². The van der Waals surface area contributed by atoms with Crippen LogP contribution in [0.15, 0.2) is 48.0 Å². The topological polar surface area (TPSA) is 63.6 Å². The van der Waals surface area contributed by atoms with Crippen LogP contribution in [0.2, 0.25) is 0 Å². The lowest BCUT2D eigenvalue weighted by atomic mass is 10.4. The lowest BCUT2D eigenvalue weighted by Gasteiger charge is -1.99. The summed E-state index contributed by atoms with van der Waals surface area (Å²) in [6.45, 7) is 0. The van der Waals surface area contributed by atoms with Crippen molar-refractivity contribution in [1.29, 1.82) is 0 Å². The maximum absolute atomic E-state index is 4.46. The van der Waals surface area contributed by atoms with Gasteiger partial charge in [-0.3, -0.25) is 0 Å². The minimum absolute atomic E-state index is 0.759. The standard InChI is InChI=1S/C13H11N5S2/c1-19-12-15-7-5-9(17-12)10-8-16-13(20-10)18-11-4-2-3-6-14-11/h2-8H,1H3,(H,14,16,18). The smallest absolute Gasteiger partial charge is 0.188 e. The highest BCUT2D eigenvalue weighted by Crippen LogP contribution is 2.29.